The fourth-order valence-electron chi connectivity index (χ4n) is 3.56. The molecule has 4 aromatic rings. The van der Waals surface area contributed by atoms with E-state index < -0.39 is 17.9 Å². The number of imidazole rings is 1. The van der Waals surface area contributed by atoms with E-state index in [4.69, 9.17) is 23.2 Å². The molecule has 0 radical (unpaired) electrons. The molecule has 2 aromatic carbocycles. The molecule has 2 heterocycles. The predicted molar refractivity (Wildman–Crippen MR) is 119 cm³/mol. The van der Waals surface area contributed by atoms with Crippen LogP contribution in [0, 0.1) is 5.82 Å². The molecule has 0 fully saturated rings. The highest BCUT2D eigenvalue weighted by Crippen LogP contribution is 2.40. The number of aryl methyl sites for hydroxylation is 1. The smallest absolute Gasteiger partial charge is 0.405 e. The van der Waals surface area contributed by atoms with Crippen LogP contribution < -0.4 is 4.74 Å². The molecule has 1 N–H and O–H groups in total. The zero-order valence-corrected chi connectivity index (χ0v) is 19.4. The number of hydrogen-bond acceptors (Lipinski definition) is 3. The lowest BCUT2D eigenvalue weighted by Crippen LogP contribution is -2.17. The second-order valence-electron chi connectivity index (χ2n) is 8.48. The number of alkyl halides is 3. The maximum Gasteiger partial charge on any atom is 0.573 e. The van der Waals surface area contributed by atoms with Gasteiger partial charge in [-0.3, -0.25) is 4.68 Å². The number of rotatable bonds is 3. The van der Waals surface area contributed by atoms with Gasteiger partial charge in [0.15, 0.2) is 5.82 Å². The van der Waals surface area contributed by atoms with Crippen molar-refractivity contribution >= 4 is 34.2 Å². The third-order valence-electron chi connectivity index (χ3n) is 4.96. The molecular weight excluding hydrogens is 483 g/mol. The summed E-state index contributed by atoms with van der Waals surface area (Å²) in [4.78, 5) is 7.59. The van der Waals surface area contributed by atoms with Gasteiger partial charge in [-0.25, -0.2) is 9.37 Å². The van der Waals surface area contributed by atoms with Crippen molar-refractivity contribution < 1.29 is 22.3 Å². The number of halogens is 6. The zero-order valence-electron chi connectivity index (χ0n) is 17.9. The lowest BCUT2D eigenvalue weighted by atomic mass is 9.92. The Balaban J connectivity index is 1.88. The van der Waals surface area contributed by atoms with E-state index >= 15 is 0 Å². The van der Waals surface area contributed by atoms with Gasteiger partial charge in [0.05, 0.1) is 32.3 Å². The van der Waals surface area contributed by atoms with Gasteiger partial charge in [-0.1, -0.05) is 50.0 Å². The summed E-state index contributed by atoms with van der Waals surface area (Å²) in [6.45, 7) is 5.92. The van der Waals surface area contributed by atoms with Gasteiger partial charge < -0.3 is 9.72 Å². The van der Waals surface area contributed by atoms with Crippen LogP contribution in [0.5, 0.6) is 5.75 Å². The third kappa shape index (κ3) is 4.39. The van der Waals surface area contributed by atoms with E-state index in [0.717, 1.165) is 18.2 Å². The summed E-state index contributed by atoms with van der Waals surface area (Å²) in [5, 5.41) is 5.04. The quantitative estimate of drug-likeness (QED) is 0.301. The highest BCUT2D eigenvalue weighted by molar-refractivity contribution is 6.35. The Morgan fingerprint density at radius 2 is 1.79 bits per heavy atom. The van der Waals surface area contributed by atoms with Crippen LogP contribution in [-0.2, 0) is 12.5 Å². The largest absolute Gasteiger partial charge is 0.573 e. The van der Waals surface area contributed by atoms with E-state index in [9.17, 15) is 17.6 Å². The number of fused-ring (bicyclic) bond motifs is 1. The van der Waals surface area contributed by atoms with E-state index in [-0.39, 0.29) is 21.6 Å². The molecule has 2 aromatic heterocycles. The maximum atomic E-state index is 14.6. The molecule has 0 atom stereocenters. The van der Waals surface area contributed by atoms with Crippen molar-refractivity contribution in [2.45, 2.75) is 32.5 Å². The van der Waals surface area contributed by atoms with Gasteiger partial charge in [-0.05, 0) is 29.8 Å². The van der Waals surface area contributed by atoms with Crippen molar-refractivity contribution in [2.24, 2.45) is 7.05 Å². The van der Waals surface area contributed by atoms with Gasteiger partial charge in [0.1, 0.15) is 17.3 Å². The van der Waals surface area contributed by atoms with Crippen molar-refractivity contribution in [3.63, 3.8) is 0 Å². The normalized spacial score (nSPS) is 12.5. The number of H-pyrrole nitrogens is 1. The molecule has 0 spiro atoms. The van der Waals surface area contributed by atoms with Crippen LogP contribution in [0.25, 0.3) is 33.7 Å². The van der Waals surface area contributed by atoms with Crippen molar-refractivity contribution in [3.8, 4) is 28.4 Å². The number of nitrogens with one attached hydrogen (secondary N) is 1. The summed E-state index contributed by atoms with van der Waals surface area (Å²) in [5.74, 6) is -1.22. The highest BCUT2D eigenvalue weighted by Gasteiger charge is 2.33. The molecular formula is C22H18Cl2F4N4O. The first-order chi connectivity index (χ1) is 15.3. The summed E-state index contributed by atoms with van der Waals surface area (Å²) in [6.07, 6.45) is -4.99. The maximum absolute atomic E-state index is 14.6. The zero-order chi connectivity index (χ0) is 24.3. The van der Waals surface area contributed by atoms with Gasteiger partial charge in [-0.15, -0.1) is 13.2 Å². The average molecular weight is 501 g/mol. The molecule has 11 heteroatoms. The van der Waals surface area contributed by atoms with Gasteiger partial charge >= 0.3 is 6.36 Å². The molecule has 0 aliphatic carbocycles. The summed E-state index contributed by atoms with van der Waals surface area (Å²) >= 11 is 13.0. The second kappa shape index (κ2) is 7.92. The summed E-state index contributed by atoms with van der Waals surface area (Å²) in [5.41, 5.74) is 1.30. The Kier molecular flexibility index (Phi) is 5.61. The Labute approximate surface area is 196 Å². The van der Waals surface area contributed by atoms with E-state index in [0.29, 0.717) is 33.3 Å². The minimum Gasteiger partial charge on any atom is -0.405 e. The van der Waals surface area contributed by atoms with Gasteiger partial charge in [-0.2, -0.15) is 5.10 Å². The minimum absolute atomic E-state index is 0.0781. The monoisotopic (exact) mass is 500 g/mol. The first kappa shape index (κ1) is 23.4. The number of ether oxygens (including phenoxy) is 1. The number of hydrogen-bond donors (Lipinski definition) is 1. The first-order valence-electron chi connectivity index (χ1n) is 9.73. The fourth-order valence-corrected chi connectivity index (χ4v) is 4.35. The molecule has 0 saturated heterocycles. The summed E-state index contributed by atoms with van der Waals surface area (Å²) in [6, 6.07) is 5.97. The number of nitrogens with zero attached hydrogens (tertiary/aromatic N) is 3. The van der Waals surface area contributed by atoms with Crippen molar-refractivity contribution in [3.05, 3.63) is 51.9 Å². The molecule has 5 nitrogen and oxygen atoms in total. The third-order valence-corrected chi connectivity index (χ3v) is 5.62. The van der Waals surface area contributed by atoms with Crippen LogP contribution in [0.4, 0.5) is 17.6 Å². The Morgan fingerprint density at radius 3 is 2.39 bits per heavy atom. The standard InChI is InChI=1S/C22H18Cl2F4N4O/c1-21(2,3)19-16(24)18(32(4)31-19)20-29-13-9-10(8-11(23)17(13)30-20)15-12(25)6-5-7-14(15)33-22(26,27)28/h5-9H,1-4H3,(H,29,30). The van der Waals surface area contributed by atoms with Crippen LogP contribution in [-0.4, -0.2) is 26.1 Å². The predicted octanol–water partition coefficient (Wildman–Crippen LogP) is 7.27. The molecule has 0 unspecified atom stereocenters. The van der Waals surface area contributed by atoms with E-state index in [1.54, 1.807) is 11.7 Å². The molecule has 174 valence electrons. The second-order valence-corrected chi connectivity index (χ2v) is 9.27. The Morgan fingerprint density at radius 1 is 1.09 bits per heavy atom. The molecule has 0 amide bonds. The van der Waals surface area contributed by atoms with Crippen molar-refractivity contribution in [1.29, 1.82) is 0 Å². The highest BCUT2D eigenvalue weighted by atomic mass is 35.5. The molecule has 0 aliphatic rings. The summed E-state index contributed by atoms with van der Waals surface area (Å²) < 4.78 is 58.7. The molecule has 0 bridgehead atoms. The topological polar surface area (TPSA) is 55.7 Å². The van der Waals surface area contributed by atoms with Crippen LogP contribution in [0.3, 0.4) is 0 Å². The van der Waals surface area contributed by atoms with Crippen LogP contribution in [0.15, 0.2) is 30.3 Å². The Bertz CT molecular complexity index is 1370. The van der Waals surface area contributed by atoms with Crippen molar-refractivity contribution in [2.75, 3.05) is 0 Å². The van der Waals surface area contributed by atoms with E-state index in [1.165, 1.54) is 12.1 Å². The van der Waals surface area contributed by atoms with Crippen LogP contribution >= 0.6 is 23.2 Å². The molecule has 0 aliphatic heterocycles. The minimum atomic E-state index is -4.99. The van der Waals surface area contributed by atoms with Crippen LogP contribution in [0.1, 0.15) is 26.5 Å². The lowest BCUT2D eigenvalue weighted by Gasteiger charge is -2.15. The first-order valence-corrected chi connectivity index (χ1v) is 10.5. The number of benzene rings is 2. The lowest BCUT2D eigenvalue weighted by molar-refractivity contribution is -0.274. The van der Waals surface area contributed by atoms with Gasteiger partial charge in [0, 0.05) is 12.5 Å². The Hall–Kier alpha value is -2.78. The molecule has 0 saturated carbocycles. The van der Waals surface area contributed by atoms with Gasteiger partial charge in [0.25, 0.3) is 0 Å². The molecule has 4 rings (SSSR count). The average Bonchev–Trinajstić information content (AvgIpc) is 3.20. The SMILES string of the molecule is Cn1nc(C(C)(C)C)c(Cl)c1-c1nc2cc(-c3c(F)cccc3OC(F)(F)F)cc(Cl)c2[nH]1. The number of aromatic nitrogens is 4. The summed E-state index contributed by atoms with van der Waals surface area (Å²) in [7, 11) is 1.72. The van der Waals surface area contributed by atoms with E-state index in [2.05, 4.69) is 19.8 Å². The van der Waals surface area contributed by atoms with Gasteiger partial charge in [0.2, 0.25) is 0 Å². The van der Waals surface area contributed by atoms with Crippen molar-refractivity contribution in [1.82, 2.24) is 19.7 Å². The number of aromatic amines is 1. The molecule has 33 heavy (non-hydrogen) atoms. The fraction of sp³-hybridized carbons (Fsp3) is 0.273. The van der Waals surface area contributed by atoms with Crippen LogP contribution in [0.2, 0.25) is 10.0 Å². The van der Waals surface area contributed by atoms with E-state index in [1.807, 2.05) is 20.8 Å².